The van der Waals surface area contributed by atoms with Gasteiger partial charge in [0, 0.05) is 31.4 Å². The van der Waals surface area contributed by atoms with Gasteiger partial charge in [-0.25, -0.2) is 0 Å². The first-order chi connectivity index (χ1) is 9.02. The molecule has 1 aromatic rings. The third-order valence-corrected chi connectivity index (χ3v) is 2.72. The van der Waals surface area contributed by atoms with E-state index in [-0.39, 0.29) is 5.91 Å². The normalized spacial score (nSPS) is 10.1. The van der Waals surface area contributed by atoms with Crippen molar-refractivity contribution in [3.63, 3.8) is 0 Å². The summed E-state index contributed by atoms with van der Waals surface area (Å²) in [4.78, 5) is 13.5. The van der Waals surface area contributed by atoms with Gasteiger partial charge < -0.3 is 20.9 Å². The topological polar surface area (TPSA) is 56.4 Å². The van der Waals surface area contributed by atoms with Gasteiger partial charge in [-0.05, 0) is 50.6 Å². The van der Waals surface area contributed by atoms with Gasteiger partial charge in [0.05, 0.1) is 0 Å². The first-order valence-electron chi connectivity index (χ1n) is 6.04. The van der Waals surface area contributed by atoms with Crippen molar-refractivity contribution >= 4 is 28.9 Å². The van der Waals surface area contributed by atoms with Crippen LogP contribution in [0.5, 0.6) is 0 Å². The minimum Gasteiger partial charge on any atom is -0.361 e. The summed E-state index contributed by atoms with van der Waals surface area (Å²) in [5, 5.41) is 9.34. The SMILES string of the molecule is CNC(=O)c1ccc(NC(=S)NCCN(C)C)cc1. The summed E-state index contributed by atoms with van der Waals surface area (Å²) in [7, 11) is 5.63. The number of anilines is 1. The van der Waals surface area contributed by atoms with Crippen LogP contribution in [-0.2, 0) is 0 Å². The maximum absolute atomic E-state index is 11.4. The molecular weight excluding hydrogens is 260 g/mol. The van der Waals surface area contributed by atoms with Gasteiger partial charge >= 0.3 is 0 Å². The van der Waals surface area contributed by atoms with Crippen LogP contribution in [0.3, 0.4) is 0 Å². The van der Waals surface area contributed by atoms with Gasteiger partial charge in [0.25, 0.3) is 5.91 Å². The van der Waals surface area contributed by atoms with Crippen LogP contribution in [0.25, 0.3) is 0 Å². The molecule has 0 bridgehead atoms. The summed E-state index contributed by atoms with van der Waals surface area (Å²) in [6, 6.07) is 7.15. The van der Waals surface area contributed by atoms with Gasteiger partial charge in [-0.15, -0.1) is 0 Å². The van der Waals surface area contributed by atoms with E-state index >= 15 is 0 Å². The Bertz CT molecular complexity index is 431. The summed E-state index contributed by atoms with van der Waals surface area (Å²) in [6.07, 6.45) is 0. The Labute approximate surface area is 119 Å². The zero-order valence-electron chi connectivity index (χ0n) is 11.5. The van der Waals surface area contributed by atoms with Crippen molar-refractivity contribution in [2.45, 2.75) is 0 Å². The molecule has 0 unspecified atom stereocenters. The van der Waals surface area contributed by atoms with E-state index in [9.17, 15) is 4.79 Å². The van der Waals surface area contributed by atoms with E-state index in [2.05, 4.69) is 20.9 Å². The number of carbonyl (C=O) groups excluding carboxylic acids is 1. The lowest BCUT2D eigenvalue weighted by molar-refractivity contribution is 0.0963. The lowest BCUT2D eigenvalue weighted by Crippen LogP contribution is -2.34. The number of rotatable bonds is 5. The molecular formula is C13H20N4OS. The second kappa shape index (κ2) is 7.70. The molecule has 6 heteroatoms. The fraction of sp³-hybridized carbons (Fsp3) is 0.385. The Morgan fingerprint density at radius 3 is 2.42 bits per heavy atom. The van der Waals surface area contributed by atoms with Crippen molar-refractivity contribution in [2.24, 2.45) is 0 Å². The molecule has 0 saturated heterocycles. The molecule has 0 aliphatic carbocycles. The molecule has 0 aliphatic heterocycles. The minimum absolute atomic E-state index is 0.0989. The number of thiocarbonyl (C=S) groups is 1. The number of benzene rings is 1. The molecule has 0 atom stereocenters. The van der Waals surface area contributed by atoms with Crippen LogP contribution in [0.15, 0.2) is 24.3 Å². The molecule has 0 saturated carbocycles. The fourth-order valence-corrected chi connectivity index (χ4v) is 1.64. The smallest absolute Gasteiger partial charge is 0.251 e. The van der Waals surface area contributed by atoms with Gasteiger partial charge in [-0.2, -0.15) is 0 Å². The Balaban J connectivity index is 2.44. The molecule has 1 aromatic carbocycles. The van der Waals surface area contributed by atoms with Gasteiger partial charge in [0.15, 0.2) is 5.11 Å². The Kier molecular flexibility index (Phi) is 6.24. The summed E-state index contributed by atoms with van der Waals surface area (Å²) in [5.74, 6) is -0.0989. The second-order valence-corrected chi connectivity index (χ2v) is 4.75. The fourth-order valence-electron chi connectivity index (χ4n) is 1.42. The van der Waals surface area contributed by atoms with Crippen molar-refractivity contribution in [1.82, 2.24) is 15.5 Å². The molecule has 1 rings (SSSR count). The quantitative estimate of drug-likeness (QED) is 0.700. The Morgan fingerprint density at radius 2 is 1.89 bits per heavy atom. The number of likely N-dealkylation sites (N-methyl/N-ethyl adjacent to an activating group) is 1. The first kappa shape index (κ1) is 15.4. The lowest BCUT2D eigenvalue weighted by atomic mass is 10.2. The highest BCUT2D eigenvalue weighted by molar-refractivity contribution is 7.80. The van der Waals surface area contributed by atoms with E-state index in [1.54, 1.807) is 19.2 Å². The van der Waals surface area contributed by atoms with Gasteiger partial charge in [0.2, 0.25) is 0 Å². The average molecular weight is 280 g/mol. The van der Waals surface area contributed by atoms with Crippen LogP contribution < -0.4 is 16.0 Å². The van der Waals surface area contributed by atoms with Gasteiger partial charge in [0.1, 0.15) is 0 Å². The number of nitrogens with zero attached hydrogens (tertiary/aromatic N) is 1. The van der Waals surface area contributed by atoms with E-state index in [1.807, 2.05) is 26.2 Å². The van der Waals surface area contributed by atoms with E-state index < -0.39 is 0 Å². The van der Waals surface area contributed by atoms with Crippen molar-refractivity contribution in [3.05, 3.63) is 29.8 Å². The molecule has 0 radical (unpaired) electrons. The van der Waals surface area contributed by atoms with Crippen molar-refractivity contribution < 1.29 is 4.79 Å². The predicted molar refractivity (Wildman–Crippen MR) is 82.6 cm³/mol. The van der Waals surface area contributed by atoms with Gasteiger partial charge in [-0.1, -0.05) is 0 Å². The van der Waals surface area contributed by atoms with Crippen LogP contribution >= 0.6 is 12.2 Å². The summed E-state index contributed by atoms with van der Waals surface area (Å²) >= 11 is 5.18. The molecule has 104 valence electrons. The minimum atomic E-state index is -0.0989. The van der Waals surface area contributed by atoms with Crippen molar-refractivity contribution in [1.29, 1.82) is 0 Å². The molecule has 0 aromatic heterocycles. The van der Waals surface area contributed by atoms with Crippen LogP contribution in [0.2, 0.25) is 0 Å². The van der Waals surface area contributed by atoms with Crippen LogP contribution in [0, 0.1) is 0 Å². The van der Waals surface area contributed by atoms with Crippen LogP contribution in [0.4, 0.5) is 5.69 Å². The maximum atomic E-state index is 11.4. The number of nitrogens with one attached hydrogen (secondary N) is 3. The predicted octanol–water partition coefficient (Wildman–Crippen LogP) is 0.894. The number of amides is 1. The monoisotopic (exact) mass is 280 g/mol. The zero-order valence-corrected chi connectivity index (χ0v) is 12.3. The average Bonchev–Trinajstić information content (AvgIpc) is 2.38. The standard InChI is InChI=1S/C13H20N4OS/c1-14-12(18)10-4-6-11(7-5-10)16-13(19)15-8-9-17(2)3/h4-7H,8-9H2,1-3H3,(H,14,18)(H2,15,16,19). The third-order valence-electron chi connectivity index (χ3n) is 2.48. The molecule has 5 nitrogen and oxygen atoms in total. The summed E-state index contributed by atoms with van der Waals surface area (Å²) in [5.41, 5.74) is 1.48. The molecule has 3 N–H and O–H groups in total. The number of hydrogen-bond donors (Lipinski definition) is 3. The van der Waals surface area contributed by atoms with Crippen molar-refractivity contribution in [2.75, 3.05) is 39.5 Å². The largest absolute Gasteiger partial charge is 0.361 e. The maximum Gasteiger partial charge on any atom is 0.251 e. The van der Waals surface area contributed by atoms with Crippen LogP contribution in [0.1, 0.15) is 10.4 Å². The third kappa shape index (κ3) is 5.67. The lowest BCUT2D eigenvalue weighted by Gasteiger charge is -2.13. The first-order valence-corrected chi connectivity index (χ1v) is 6.45. The van der Waals surface area contributed by atoms with E-state index in [4.69, 9.17) is 12.2 Å². The summed E-state index contributed by atoms with van der Waals surface area (Å²) in [6.45, 7) is 1.70. The highest BCUT2D eigenvalue weighted by Gasteiger charge is 2.03. The van der Waals surface area contributed by atoms with E-state index in [0.29, 0.717) is 10.7 Å². The molecule has 0 heterocycles. The number of carbonyl (C=O) groups is 1. The van der Waals surface area contributed by atoms with E-state index in [0.717, 1.165) is 18.8 Å². The van der Waals surface area contributed by atoms with Crippen LogP contribution in [-0.4, -0.2) is 50.2 Å². The highest BCUT2D eigenvalue weighted by atomic mass is 32.1. The Morgan fingerprint density at radius 1 is 1.26 bits per heavy atom. The van der Waals surface area contributed by atoms with Gasteiger partial charge in [-0.3, -0.25) is 4.79 Å². The highest BCUT2D eigenvalue weighted by Crippen LogP contribution is 2.09. The zero-order chi connectivity index (χ0) is 14.3. The summed E-state index contributed by atoms with van der Waals surface area (Å²) < 4.78 is 0. The molecule has 19 heavy (non-hydrogen) atoms. The molecule has 1 amide bonds. The molecule has 0 aliphatic rings. The van der Waals surface area contributed by atoms with E-state index in [1.165, 1.54) is 0 Å². The molecule has 0 spiro atoms. The number of hydrogen-bond acceptors (Lipinski definition) is 3. The Hall–Kier alpha value is -1.66. The van der Waals surface area contributed by atoms with Crippen molar-refractivity contribution in [3.8, 4) is 0 Å². The second-order valence-electron chi connectivity index (χ2n) is 4.34. The molecule has 0 fully saturated rings.